The van der Waals surface area contributed by atoms with Gasteiger partial charge in [-0.05, 0) is 68.3 Å². The number of ether oxygens (including phenoxy) is 1. The van der Waals surface area contributed by atoms with Crippen LogP contribution in [0.2, 0.25) is 0 Å². The Morgan fingerprint density at radius 3 is 2.23 bits per heavy atom. The van der Waals surface area contributed by atoms with E-state index in [1.165, 1.54) is 13.8 Å². The first-order valence-electron chi connectivity index (χ1n) is 9.58. The molecule has 0 spiro atoms. The first kappa shape index (κ1) is 21.1. The Morgan fingerprint density at radius 2 is 1.60 bits per heavy atom. The average molecular weight is 408 g/mol. The van der Waals surface area contributed by atoms with Crippen LogP contribution in [0.1, 0.15) is 30.5 Å². The van der Waals surface area contributed by atoms with Crippen molar-refractivity contribution >= 4 is 40.1 Å². The zero-order valence-electron chi connectivity index (χ0n) is 17.4. The van der Waals surface area contributed by atoms with Crippen LogP contribution in [-0.4, -0.2) is 23.9 Å². The highest BCUT2D eigenvalue weighted by Gasteiger charge is 2.20. The average Bonchev–Trinajstić information content (AvgIpc) is 3.04. The SMILES string of the molecule is CC(=O)Nc1ccc(NC(=O)[C@@H](C)OC(=O)Cc2coc3cc(C)c(C)cc23)cc1. The normalized spacial score (nSPS) is 11.7. The molecule has 0 fully saturated rings. The van der Waals surface area contributed by atoms with E-state index in [1.54, 1.807) is 30.5 Å². The molecular weight excluding hydrogens is 384 g/mol. The fraction of sp³-hybridized carbons (Fsp3) is 0.261. The summed E-state index contributed by atoms with van der Waals surface area (Å²) in [5.74, 6) is -1.14. The van der Waals surface area contributed by atoms with Crippen molar-refractivity contribution in [2.45, 2.75) is 40.2 Å². The van der Waals surface area contributed by atoms with E-state index in [1.807, 2.05) is 26.0 Å². The highest BCUT2D eigenvalue weighted by atomic mass is 16.5. The number of aryl methyl sites for hydroxylation is 2. The van der Waals surface area contributed by atoms with Crippen molar-refractivity contribution in [3.63, 3.8) is 0 Å². The highest BCUT2D eigenvalue weighted by molar-refractivity contribution is 5.96. The van der Waals surface area contributed by atoms with Gasteiger partial charge in [-0.25, -0.2) is 0 Å². The molecule has 2 amide bonds. The second kappa shape index (κ2) is 8.82. The second-order valence-electron chi connectivity index (χ2n) is 7.25. The minimum atomic E-state index is -0.963. The molecule has 0 radical (unpaired) electrons. The van der Waals surface area contributed by atoms with Crippen LogP contribution in [0.3, 0.4) is 0 Å². The Kier molecular flexibility index (Phi) is 6.20. The molecule has 7 nitrogen and oxygen atoms in total. The minimum Gasteiger partial charge on any atom is -0.464 e. The number of fused-ring (bicyclic) bond motifs is 1. The van der Waals surface area contributed by atoms with Gasteiger partial charge in [0, 0.05) is 29.2 Å². The molecule has 3 aromatic rings. The summed E-state index contributed by atoms with van der Waals surface area (Å²) in [7, 11) is 0. The summed E-state index contributed by atoms with van der Waals surface area (Å²) < 4.78 is 10.8. The summed E-state index contributed by atoms with van der Waals surface area (Å²) in [5.41, 5.74) is 4.81. The summed E-state index contributed by atoms with van der Waals surface area (Å²) in [5, 5.41) is 6.20. The minimum absolute atomic E-state index is 0.0124. The van der Waals surface area contributed by atoms with Gasteiger partial charge in [-0.2, -0.15) is 0 Å². The van der Waals surface area contributed by atoms with Crippen LogP contribution in [0, 0.1) is 13.8 Å². The van der Waals surface area contributed by atoms with Crippen LogP contribution in [0.4, 0.5) is 11.4 Å². The van der Waals surface area contributed by atoms with E-state index in [-0.39, 0.29) is 12.3 Å². The second-order valence-corrected chi connectivity index (χ2v) is 7.25. The maximum Gasteiger partial charge on any atom is 0.311 e. The molecule has 0 aliphatic rings. The van der Waals surface area contributed by atoms with Gasteiger partial charge in [0.05, 0.1) is 12.7 Å². The number of furan rings is 1. The van der Waals surface area contributed by atoms with E-state index in [0.29, 0.717) is 11.4 Å². The van der Waals surface area contributed by atoms with E-state index in [9.17, 15) is 14.4 Å². The van der Waals surface area contributed by atoms with Crippen molar-refractivity contribution in [2.75, 3.05) is 10.6 Å². The molecule has 7 heteroatoms. The molecule has 1 atom stereocenters. The van der Waals surface area contributed by atoms with Crippen molar-refractivity contribution in [2.24, 2.45) is 0 Å². The fourth-order valence-corrected chi connectivity index (χ4v) is 3.01. The molecule has 2 N–H and O–H groups in total. The van der Waals surface area contributed by atoms with E-state index < -0.39 is 18.0 Å². The summed E-state index contributed by atoms with van der Waals surface area (Å²) in [4.78, 5) is 35.7. The smallest absolute Gasteiger partial charge is 0.311 e. The number of carbonyl (C=O) groups is 3. The lowest BCUT2D eigenvalue weighted by Crippen LogP contribution is -2.30. The van der Waals surface area contributed by atoms with E-state index in [4.69, 9.17) is 9.15 Å². The molecule has 0 unspecified atom stereocenters. The highest BCUT2D eigenvalue weighted by Crippen LogP contribution is 2.25. The quantitative estimate of drug-likeness (QED) is 0.598. The van der Waals surface area contributed by atoms with Crippen molar-refractivity contribution < 1.29 is 23.5 Å². The number of carbonyl (C=O) groups excluding carboxylic acids is 3. The van der Waals surface area contributed by atoms with E-state index in [0.717, 1.165) is 27.7 Å². The standard InChI is InChI=1S/C23H24N2O5/c1-13-9-20-17(12-29-21(20)10-14(13)2)11-22(27)30-15(3)23(28)25-19-7-5-18(6-8-19)24-16(4)26/h5-10,12,15H,11H2,1-4H3,(H,24,26)(H,25,28)/t15-/m1/s1. The first-order chi connectivity index (χ1) is 14.2. The van der Waals surface area contributed by atoms with Gasteiger partial charge in [0.1, 0.15) is 5.58 Å². The molecule has 0 bridgehead atoms. The maximum atomic E-state index is 12.3. The van der Waals surface area contributed by atoms with Crippen LogP contribution < -0.4 is 10.6 Å². The van der Waals surface area contributed by atoms with Gasteiger partial charge >= 0.3 is 5.97 Å². The van der Waals surface area contributed by atoms with Gasteiger partial charge in [-0.3, -0.25) is 14.4 Å². The van der Waals surface area contributed by atoms with Crippen molar-refractivity contribution in [1.82, 2.24) is 0 Å². The van der Waals surface area contributed by atoms with Gasteiger partial charge < -0.3 is 19.8 Å². The third-order valence-corrected chi connectivity index (χ3v) is 4.76. The molecule has 30 heavy (non-hydrogen) atoms. The topological polar surface area (TPSA) is 97.6 Å². The Labute approximate surface area is 174 Å². The first-order valence-corrected chi connectivity index (χ1v) is 9.58. The zero-order chi connectivity index (χ0) is 21.8. The van der Waals surface area contributed by atoms with Crippen molar-refractivity contribution in [1.29, 1.82) is 0 Å². The van der Waals surface area contributed by atoms with Crippen molar-refractivity contribution in [3.05, 3.63) is 59.4 Å². The molecule has 156 valence electrons. The fourth-order valence-electron chi connectivity index (χ4n) is 3.01. The summed E-state index contributed by atoms with van der Waals surface area (Å²) in [6.07, 6.45) is 0.597. The maximum absolute atomic E-state index is 12.3. The van der Waals surface area contributed by atoms with Gasteiger partial charge in [0.2, 0.25) is 5.91 Å². The number of esters is 1. The Morgan fingerprint density at radius 1 is 1.00 bits per heavy atom. The molecular formula is C23H24N2O5. The zero-order valence-corrected chi connectivity index (χ0v) is 17.4. The Hall–Kier alpha value is -3.61. The summed E-state index contributed by atoms with van der Waals surface area (Å²) in [6, 6.07) is 10.6. The largest absolute Gasteiger partial charge is 0.464 e. The van der Waals surface area contributed by atoms with Gasteiger partial charge in [0.15, 0.2) is 6.10 Å². The van der Waals surface area contributed by atoms with E-state index in [2.05, 4.69) is 10.6 Å². The third-order valence-electron chi connectivity index (χ3n) is 4.76. The predicted molar refractivity (Wildman–Crippen MR) is 114 cm³/mol. The predicted octanol–water partition coefficient (Wildman–Crippen LogP) is 4.12. The van der Waals surface area contributed by atoms with Crippen LogP contribution in [0.25, 0.3) is 11.0 Å². The molecule has 0 saturated heterocycles. The number of anilines is 2. The molecule has 3 rings (SSSR count). The number of hydrogen-bond acceptors (Lipinski definition) is 5. The Balaban J connectivity index is 1.58. The monoisotopic (exact) mass is 408 g/mol. The lowest BCUT2D eigenvalue weighted by Gasteiger charge is -2.14. The van der Waals surface area contributed by atoms with Gasteiger partial charge in [-0.1, -0.05) is 0 Å². The summed E-state index contributed by atoms with van der Waals surface area (Å²) >= 11 is 0. The third kappa shape index (κ3) is 5.05. The number of hydrogen-bond donors (Lipinski definition) is 2. The molecule has 0 aliphatic heterocycles. The van der Waals surface area contributed by atoms with Crippen molar-refractivity contribution in [3.8, 4) is 0 Å². The molecule has 0 saturated carbocycles. The molecule has 2 aromatic carbocycles. The van der Waals surface area contributed by atoms with Gasteiger partial charge in [-0.15, -0.1) is 0 Å². The number of benzene rings is 2. The molecule has 1 aromatic heterocycles. The molecule has 0 aliphatic carbocycles. The van der Waals surface area contributed by atoms with E-state index >= 15 is 0 Å². The number of rotatable bonds is 6. The lowest BCUT2D eigenvalue weighted by molar-refractivity contribution is -0.152. The van der Waals surface area contributed by atoms with Crippen LogP contribution in [0.5, 0.6) is 0 Å². The Bertz CT molecular complexity index is 1100. The van der Waals surface area contributed by atoms with Crippen LogP contribution in [-0.2, 0) is 25.5 Å². The number of amides is 2. The van der Waals surface area contributed by atoms with Crippen LogP contribution >= 0.6 is 0 Å². The van der Waals surface area contributed by atoms with Gasteiger partial charge in [0.25, 0.3) is 5.91 Å². The summed E-state index contributed by atoms with van der Waals surface area (Å²) in [6.45, 7) is 6.93. The number of nitrogens with one attached hydrogen (secondary N) is 2. The van der Waals surface area contributed by atoms with Crippen LogP contribution in [0.15, 0.2) is 47.1 Å². The molecule has 1 heterocycles. The lowest BCUT2D eigenvalue weighted by atomic mass is 10.0.